The van der Waals surface area contributed by atoms with Crippen LogP contribution in [0.2, 0.25) is 0 Å². The monoisotopic (exact) mass is 309 g/mol. The van der Waals surface area contributed by atoms with Crippen LogP contribution in [0.25, 0.3) is 11.2 Å². The van der Waals surface area contributed by atoms with E-state index in [1.54, 1.807) is 16.2 Å². The van der Waals surface area contributed by atoms with Crippen molar-refractivity contribution in [1.82, 2.24) is 18.7 Å². The summed E-state index contributed by atoms with van der Waals surface area (Å²) in [4.78, 5) is 29.7. The molecule has 8 heteroatoms. The molecule has 22 heavy (non-hydrogen) atoms. The van der Waals surface area contributed by atoms with Crippen molar-refractivity contribution in [3.8, 4) is 0 Å². The Balaban J connectivity index is 2.91. The normalized spacial score (nSPS) is 11.5. The third-order valence-corrected chi connectivity index (χ3v) is 3.58. The maximum Gasteiger partial charge on any atom is 0.332 e. The van der Waals surface area contributed by atoms with E-state index in [1.165, 1.54) is 4.57 Å². The highest BCUT2D eigenvalue weighted by Gasteiger charge is 2.20. The minimum absolute atomic E-state index is 0.200. The molecule has 122 valence electrons. The summed E-state index contributed by atoms with van der Waals surface area (Å²) in [5.74, 6) is 0.645. The van der Waals surface area contributed by atoms with Crippen LogP contribution in [0.3, 0.4) is 0 Å². The second kappa shape index (κ2) is 6.89. The molecule has 0 radical (unpaired) electrons. The van der Waals surface area contributed by atoms with Crippen molar-refractivity contribution in [2.75, 3.05) is 13.7 Å². The van der Waals surface area contributed by atoms with E-state index in [1.807, 2.05) is 13.8 Å². The fourth-order valence-electron chi connectivity index (χ4n) is 2.67. The van der Waals surface area contributed by atoms with Gasteiger partial charge in [0.2, 0.25) is 0 Å². The lowest BCUT2D eigenvalue weighted by Gasteiger charge is -2.11. The number of nitrogens with two attached hydrogens (primary N) is 1. The third kappa shape index (κ3) is 2.59. The van der Waals surface area contributed by atoms with Gasteiger partial charge >= 0.3 is 5.69 Å². The van der Waals surface area contributed by atoms with Gasteiger partial charge in [-0.1, -0.05) is 6.92 Å². The zero-order valence-corrected chi connectivity index (χ0v) is 13.3. The number of hydrogen-bond donors (Lipinski definition) is 1. The lowest BCUT2D eigenvalue weighted by atomic mass is 10.4. The number of rotatable bonds is 7. The predicted molar refractivity (Wildman–Crippen MR) is 84.0 cm³/mol. The van der Waals surface area contributed by atoms with E-state index in [0.717, 1.165) is 6.42 Å². The van der Waals surface area contributed by atoms with Gasteiger partial charge in [0.15, 0.2) is 11.2 Å². The molecule has 8 nitrogen and oxygen atoms in total. The number of methoxy groups -OCH3 is 1. The van der Waals surface area contributed by atoms with E-state index < -0.39 is 0 Å². The van der Waals surface area contributed by atoms with Crippen molar-refractivity contribution in [1.29, 1.82) is 0 Å². The molecular formula is C14H23N5O3. The number of nitrogens with zero attached hydrogens (tertiary/aromatic N) is 4. The molecule has 2 rings (SSSR count). The van der Waals surface area contributed by atoms with Crippen LogP contribution in [0.4, 0.5) is 0 Å². The maximum atomic E-state index is 12.7. The Morgan fingerprint density at radius 1 is 1.14 bits per heavy atom. The quantitative estimate of drug-likeness (QED) is 0.770. The van der Waals surface area contributed by atoms with E-state index >= 15 is 0 Å². The Kier molecular flexibility index (Phi) is 5.15. The van der Waals surface area contributed by atoms with Gasteiger partial charge in [-0.2, -0.15) is 0 Å². The third-order valence-electron chi connectivity index (χ3n) is 3.58. The van der Waals surface area contributed by atoms with Crippen molar-refractivity contribution in [3.63, 3.8) is 0 Å². The SMILES string of the molecule is CCCn1c(=O)n(CCN)c(=O)c2c1nc(COC)n2CC. The highest BCUT2D eigenvalue weighted by atomic mass is 16.5. The van der Waals surface area contributed by atoms with Crippen molar-refractivity contribution >= 4 is 11.2 Å². The van der Waals surface area contributed by atoms with E-state index in [0.29, 0.717) is 36.7 Å². The molecule has 0 aliphatic heterocycles. The summed E-state index contributed by atoms with van der Waals surface area (Å²) in [6.07, 6.45) is 0.772. The first-order valence-electron chi connectivity index (χ1n) is 7.52. The van der Waals surface area contributed by atoms with Crippen LogP contribution in [-0.4, -0.2) is 32.3 Å². The second-order valence-electron chi connectivity index (χ2n) is 5.06. The number of ether oxygens (including phenoxy) is 1. The Morgan fingerprint density at radius 3 is 2.41 bits per heavy atom. The molecule has 2 aromatic heterocycles. The standard InChI is InChI=1S/C14H23N5O3/c1-4-7-18-12-11(13(20)19(8-6-15)14(18)21)17(5-2)10(16-12)9-22-3/h4-9,15H2,1-3H3. The van der Waals surface area contributed by atoms with E-state index in [4.69, 9.17) is 10.5 Å². The molecule has 0 aliphatic rings. The minimum atomic E-state index is -0.352. The average Bonchev–Trinajstić information content (AvgIpc) is 2.86. The van der Waals surface area contributed by atoms with Gasteiger partial charge < -0.3 is 15.0 Å². The van der Waals surface area contributed by atoms with Gasteiger partial charge in [0, 0.05) is 33.3 Å². The van der Waals surface area contributed by atoms with Gasteiger partial charge in [-0.15, -0.1) is 0 Å². The first-order valence-corrected chi connectivity index (χ1v) is 7.52. The summed E-state index contributed by atoms with van der Waals surface area (Å²) in [5, 5.41) is 0. The Bertz CT molecular complexity index is 771. The number of hydrogen-bond acceptors (Lipinski definition) is 5. The van der Waals surface area contributed by atoms with Crippen LogP contribution >= 0.6 is 0 Å². The van der Waals surface area contributed by atoms with Crippen LogP contribution < -0.4 is 17.0 Å². The Labute approximate surface area is 128 Å². The molecule has 0 saturated heterocycles. The molecule has 0 aromatic carbocycles. The molecule has 2 N–H and O–H groups in total. The molecule has 0 saturated carbocycles. The van der Waals surface area contributed by atoms with Crippen molar-refractivity contribution in [3.05, 3.63) is 26.7 Å². The van der Waals surface area contributed by atoms with Gasteiger partial charge in [0.05, 0.1) is 0 Å². The van der Waals surface area contributed by atoms with Crippen molar-refractivity contribution < 1.29 is 4.74 Å². The fourth-order valence-corrected chi connectivity index (χ4v) is 2.67. The van der Waals surface area contributed by atoms with Gasteiger partial charge in [0.25, 0.3) is 5.56 Å². The van der Waals surface area contributed by atoms with E-state index in [9.17, 15) is 9.59 Å². The summed E-state index contributed by atoms with van der Waals surface area (Å²) in [6.45, 7) is 5.72. The average molecular weight is 309 g/mol. The molecule has 0 spiro atoms. The van der Waals surface area contributed by atoms with Crippen LogP contribution in [0, 0.1) is 0 Å². The molecule has 0 amide bonds. The molecule has 0 aliphatic carbocycles. The number of imidazole rings is 1. The number of aryl methyl sites for hydroxylation is 2. The van der Waals surface area contributed by atoms with Crippen LogP contribution in [0.5, 0.6) is 0 Å². The summed E-state index contributed by atoms with van der Waals surface area (Å²) in [7, 11) is 1.57. The summed E-state index contributed by atoms with van der Waals surface area (Å²) in [6, 6.07) is 0. The summed E-state index contributed by atoms with van der Waals surface area (Å²) < 4.78 is 9.70. The smallest absolute Gasteiger partial charge is 0.332 e. The topological polar surface area (TPSA) is 97.1 Å². The van der Waals surface area contributed by atoms with Crippen molar-refractivity contribution in [2.45, 2.75) is 46.5 Å². The molecule has 2 aromatic rings. The van der Waals surface area contributed by atoms with Crippen LogP contribution in [0.1, 0.15) is 26.1 Å². The Morgan fingerprint density at radius 2 is 1.86 bits per heavy atom. The summed E-state index contributed by atoms with van der Waals surface area (Å²) in [5.41, 5.74) is 5.72. The number of fused-ring (bicyclic) bond motifs is 1. The highest BCUT2D eigenvalue weighted by Crippen LogP contribution is 2.13. The van der Waals surface area contributed by atoms with Crippen LogP contribution in [-0.2, 0) is 31.0 Å². The van der Waals surface area contributed by atoms with Crippen LogP contribution in [0.15, 0.2) is 9.59 Å². The molecular weight excluding hydrogens is 286 g/mol. The maximum absolute atomic E-state index is 12.7. The minimum Gasteiger partial charge on any atom is -0.377 e. The van der Waals surface area contributed by atoms with E-state index in [2.05, 4.69) is 4.98 Å². The zero-order chi connectivity index (χ0) is 16.3. The number of aromatic nitrogens is 4. The molecule has 0 unspecified atom stereocenters. The first-order chi connectivity index (χ1) is 10.6. The van der Waals surface area contributed by atoms with Gasteiger partial charge in [-0.3, -0.25) is 13.9 Å². The molecule has 0 bridgehead atoms. The predicted octanol–water partition coefficient (Wildman–Crippen LogP) is -0.105. The second-order valence-corrected chi connectivity index (χ2v) is 5.06. The molecule has 0 atom stereocenters. The highest BCUT2D eigenvalue weighted by molar-refractivity contribution is 5.71. The van der Waals surface area contributed by atoms with E-state index in [-0.39, 0.29) is 24.3 Å². The van der Waals surface area contributed by atoms with Gasteiger partial charge in [-0.25, -0.2) is 9.78 Å². The first kappa shape index (κ1) is 16.4. The summed E-state index contributed by atoms with van der Waals surface area (Å²) >= 11 is 0. The van der Waals surface area contributed by atoms with Gasteiger partial charge in [0.1, 0.15) is 12.4 Å². The Hall–Kier alpha value is -1.93. The zero-order valence-electron chi connectivity index (χ0n) is 13.3. The lowest BCUT2D eigenvalue weighted by molar-refractivity contribution is 0.175. The lowest BCUT2D eigenvalue weighted by Crippen LogP contribution is -2.42. The largest absolute Gasteiger partial charge is 0.377 e. The molecule has 0 fully saturated rings. The van der Waals surface area contributed by atoms with Crippen molar-refractivity contribution in [2.24, 2.45) is 5.73 Å². The molecule has 2 heterocycles. The fraction of sp³-hybridized carbons (Fsp3) is 0.643. The van der Waals surface area contributed by atoms with Gasteiger partial charge in [-0.05, 0) is 13.3 Å².